The van der Waals surface area contributed by atoms with Crippen molar-refractivity contribution in [3.63, 3.8) is 0 Å². The summed E-state index contributed by atoms with van der Waals surface area (Å²) in [5.41, 5.74) is 0. The van der Waals surface area contributed by atoms with E-state index in [4.69, 9.17) is 0 Å². The summed E-state index contributed by atoms with van der Waals surface area (Å²) in [6.45, 7) is 0. The number of anilines is 1. The molecule has 0 bridgehead atoms. The van der Waals surface area contributed by atoms with Gasteiger partial charge in [0.1, 0.15) is 0 Å². The Hall–Kier alpha value is -0.900. The Morgan fingerprint density at radius 3 is 2.70 bits per heavy atom. The summed E-state index contributed by atoms with van der Waals surface area (Å²) in [6.07, 6.45) is 2.39. The highest BCUT2D eigenvalue weighted by atomic mass is 32.1. The van der Waals surface area contributed by atoms with Crippen LogP contribution in [-0.2, 0) is 0 Å². The van der Waals surface area contributed by atoms with Gasteiger partial charge in [-0.25, -0.2) is 4.98 Å². The number of nitrogens with zero attached hydrogens (tertiary/aromatic N) is 2. The number of rotatable bonds is 2. The van der Waals surface area contributed by atoms with E-state index in [-0.39, 0.29) is 0 Å². The summed E-state index contributed by atoms with van der Waals surface area (Å²) in [5, 5.41) is 0.863. The summed E-state index contributed by atoms with van der Waals surface area (Å²) in [7, 11) is 3.79. The van der Waals surface area contributed by atoms with Crippen LogP contribution in [0.5, 0.6) is 0 Å². The van der Waals surface area contributed by atoms with Crippen molar-refractivity contribution >= 4 is 22.8 Å². The van der Waals surface area contributed by atoms with Crippen molar-refractivity contribution in [2.24, 2.45) is 0 Å². The summed E-state index contributed by atoms with van der Waals surface area (Å²) >= 11 is 1.39. The maximum atomic E-state index is 10.2. The van der Waals surface area contributed by atoms with Gasteiger partial charge in [0.25, 0.3) is 0 Å². The molecule has 0 saturated heterocycles. The summed E-state index contributed by atoms with van der Waals surface area (Å²) < 4.78 is 0. The van der Waals surface area contributed by atoms with Crippen LogP contribution in [0.1, 0.15) is 9.67 Å². The lowest BCUT2D eigenvalue weighted by Crippen LogP contribution is -2.07. The van der Waals surface area contributed by atoms with Crippen LogP contribution in [0.4, 0.5) is 5.13 Å². The fourth-order valence-electron chi connectivity index (χ4n) is 0.538. The Bertz CT molecular complexity index is 231. The number of carbonyl (C=O) groups excluding carboxylic acids is 1. The van der Waals surface area contributed by atoms with Crippen LogP contribution in [0.15, 0.2) is 6.20 Å². The lowest BCUT2D eigenvalue weighted by atomic mass is 10.6. The van der Waals surface area contributed by atoms with Gasteiger partial charge < -0.3 is 4.90 Å². The van der Waals surface area contributed by atoms with Gasteiger partial charge in [-0.15, -0.1) is 0 Å². The first kappa shape index (κ1) is 7.21. The van der Waals surface area contributed by atoms with Crippen LogP contribution in [0, 0.1) is 0 Å². The Labute approximate surface area is 63.3 Å². The van der Waals surface area contributed by atoms with Crippen LogP contribution in [-0.4, -0.2) is 25.4 Å². The normalized spacial score (nSPS) is 9.40. The minimum absolute atomic E-state index is 0.670. The molecule has 1 heterocycles. The molecule has 0 aliphatic rings. The lowest BCUT2D eigenvalue weighted by Gasteiger charge is -2.04. The van der Waals surface area contributed by atoms with Crippen LogP contribution in [0.25, 0.3) is 0 Å². The first-order valence-electron chi connectivity index (χ1n) is 2.82. The molecule has 4 heteroatoms. The second-order valence-corrected chi connectivity index (χ2v) is 3.10. The molecule has 0 fully saturated rings. The third-order valence-electron chi connectivity index (χ3n) is 1.01. The average molecular weight is 156 g/mol. The van der Waals surface area contributed by atoms with Gasteiger partial charge in [-0.2, -0.15) is 0 Å². The Balaban J connectivity index is 2.88. The van der Waals surface area contributed by atoms with Crippen molar-refractivity contribution < 1.29 is 4.79 Å². The molecule has 10 heavy (non-hydrogen) atoms. The molecule has 0 N–H and O–H groups in total. The predicted octanol–water partition coefficient (Wildman–Crippen LogP) is 1.02. The lowest BCUT2D eigenvalue weighted by molar-refractivity contribution is 0.112. The van der Waals surface area contributed by atoms with Gasteiger partial charge in [-0.3, -0.25) is 4.79 Å². The number of hydrogen-bond donors (Lipinski definition) is 0. The van der Waals surface area contributed by atoms with Crippen molar-refractivity contribution in [1.82, 2.24) is 4.98 Å². The zero-order valence-electron chi connectivity index (χ0n) is 5.87. The van der Waals surface area contributed by atoms with E-state index in [0.29, 0.717) is 4.88 Å². The second kappa shape index (κ2) is 2.79. The third kappa shape index (κ3) is 1.33. The first-order chi connectivity index (χ1) is 4.74. The van der Waals surface area contributed by atoms with E-state index in [1.165, 1.54) is 11.3 Å². The highest BCUT2D eigenvalue weighted by molar-refractivity contribution is 7.17. The Morgan fingerprint density at radius 1 is 1.70 bits per heavy atom. The Morgan fingerprint density at radius 2 is 2.40 bits per heavy atom. The van der Waals surface area contributed by atoms with Crippen molar-refractivity contribution in [2.45, 2.75) is 0 Å². The Kier molecular flexibility index (Phi) is 2.01. The van der Waals surface area contributed by atoms with E-state index in [1.807, 2.05) is 19.0 Å². The smallest absolute Gasteiger partial charge is 0.185 e. The summed E-state index contributed by atoms with van der Waals surface area (Å²) in [6, 6.07) is 0. The zero-order valence-corrected chi connectivity index (χ0v) is 6.68. The maximum absolute atomic E-state index is 10.2. The third-order valence-corrected chi connectivity index (χ3v) is 2.10. The van der Waals surface area contributed by atoms with Crippen LogP contribution >= 0.6 is 11.3 Å². The minimum Gasteiger partial charge on any atom is -0.354 e. The number of thiazole rings is 1. The van der Waals surface area contributed by atoms with Crippen LogP contribution in [0.2, 0.25) is 0 Å². The fourth-order valence-corrected chi connectivity index (χ4v) is 1.19. The highest BCUT2D eigenvalue weighted by Gasteiger charge is 2.00. The monoisotopic (exact) mass is 156 g/mol. The topological polar surface area (TPSA) is 33.2 Å². The average Bonchev–Trinajstić information content (AvgIpc) is 2.34. The largest absolute Gasteiger partial charge is 0.354 e. The van der Waals surface area contributed by atoms with Gasteiger partial charge >= 0.3 is 0 Å². The van der Waals surface area contributed by atoms with E-state index >= 15 is 0 Å². The van der Waals surface area contributed by atoms with Gasteiger partial charge in [-0.05, 0) is 0 Å². The number of hydrogen-bond acceptors (Lipinski definition) is 4. The molecule has 1 aromatic heterocycles. The van der Waals surface area contributed by atoms with E-state index in [1.54, 1.807) is 6.20 Å². The highest BCUT2D eigenvalue weighted by Crippen LogP contribution is 2.17. The number of aldehydes is 1. The molecule has 1 rings (SSSR count). The van der Waals surface area contributed by atoms with Gasteiger partial charge in [0.2, 0.25) is 0 Å². The van der Waals surface area contributed by atoms with E-state index in [9.17, 15) is 4.79 Å². The molecule has 0 unspecified atom stereocenters. The van der Waals surface area contributed by atoms with Crippen molar-refractivity contribution in [3.8, 4) is 0 Å². The SMILES string of the molecule is CN(C)c1ncc(C=O)s1. The second-order valence-electron chi connectivity index (χ2n) is 2.06. The molecule has 0 spiro atoms. The van der Waals surface area contributed by atoms with E-state index in [2.05, 4.69) is 4.98 Å². The molecule has 0 aliphatic carbocycles. The fraction of sp³-hybridized carbons (Fsp3) is 0.333. The molecule has 54 valence electrons. The quantitative estimate of drug-likeness (QED) is 0.599. The molecule has 3 nitrogen and oxygen atoms in total. The minimum atomic E-state index is 0.670. The van der Waals surface area contributed by atoms with Gasteiger partial charge in [0.15, 0.2) is 11.4 Å². The van der Waals surface area contributed by atoms with Crippen molar-refractivity contribution in [1.29, 1.82) is 0 Å². The first-order valence-corrected chi connectivity index (χ1v) is 3.64. The van der Waals surface area contributed by atoms with Crippen LogP contribution < -0.4 is 4.90 Å². The molecule has 0 amide bonds. The number of carbonyl (C=O) groups is 1. The summed E-state index contributed by atoms with van der Waals surface area (Å²) in [4.78, 5) is 16.7. The molecular formula is C6H8N2OS. The number of aromatic nitrogens is 1. The molecule has 0 aromatic carbocycles. The molecule has 0 radical (unpaired) electrons. The van der Waals surface area contributed by atoms with Crippen LogP contribution in [0.3, 0.4) is 0 Å². The molecule has 0 aliphatic heterocycles. The summed E-state index contributed by atoms with van der Waals surface area (Å²) in [5.74, 6) is 0. The molecular weight excluding hydrogens is 148 g/mol. The molecule has 0 saturated carbocycles. The van der Waals surface area contributed by atoms with Gasteiger partial charge in [-0.1, -0.05) is 11.3 Å². The van der Waals surface area contributed by atoms with Gasteiger partial charge in [0.05, 0.1) is 11.1 Å². The van der Waals surface area contributed by atoms with Crippen molar-refractivity contribution in [3.05, 3.63) is 11.1 Å². The molecule has 1 aromatic rings. The maximum Gasteiger partial charge on any atom is 0.185 e. The van der Waals surface area contributed by atoms with E-state index < -0.39 is 0 Å². The van der Waals surface area contributed by atoms with E-state index in [0.717, 1.165) is 11.4 Å². The standard InChI is InChI=1S/C6H8N2OS/c1-8(2)6-7-3-5(4-9)10-6/h3-4H,1-2H3. The molecule has 0 atom stereocenters. The van der Waals surface area contributed by atoms with Gasteiger partial charge in [0, 0.05) is 14.1 Å². The predicted molar refractivity (Wildman–Crippen MR) is 41.8 cm³/mol. The zero-order chi connectivity index (χ0) is 7.56. The van der Waals surface area contributed by atoms with Crippen molar-refractivity contribution in [2.75, 3.05) is 19.0 Å².